The fourth-order valence-corrected chi connectivity index (χ4v) is 3.91. The molecule has 0 aliphatic rings. The van der Waals surface area contributed by atoms with Gasteiger partial charge in [-0.2, -0.15) is 0 Å². The van der Waals surface area contributed by atoms with E-state index in [4.69, 9.17) is 11.6 Å². The van der Waals surface area contributed by atoms with Crippen LogP contribution in [0.3, 0.4) is 0 Å². The summed E-state index contributed by atoms with van der Waals surface area (Å²) in [7, 11) is -3.46. The zero-order valence-electron chi connectivity index (χ0n) is 9.35. The molecule has 0 aliphatic heterocycles. The van der Waals surface area contributed by atoms with Crippen molar-refractivity contribution in [3.05, 3.63) is 16.5 Å². The van der Waals surface area contributed by atoms with Gasteiger partial charge in [-0.15, -0.1) is 11.3 Å². The molecule has 1 rings (SSSR count). The number of rotatable bonds is 7. The zero-order valence-corrected chi connectivity index (χ0v) is 11.7. The summed E-state index contributed by atoms with van der Waals surface area (Å²) in [6.07, 6.45) is 1.97. The van der Waals surface area contributed by atoms with Gasteiger partial charge in [0, 0.05) is 13.0 Å². The Labute approximate surface area is 110 Å². The lowest BCUT2D eigenvalue weighted by Crippen LogP contribution is -2.27. The molecule has 96 valence electrons. The molecule has 0 unspecified atom stereocenters. The van der Waals surface area contributed by atoms with Gasteiger partial charge in [0.15, 0.2) is 0 Å². The number of thiophene rings is 1. The Morgan fingerprint density at radius 3 is 2.76 bits per heavy atom. The first-order valence-corrected chi connectivity index (χ1v) is 7.82. The summed E-state index contributed by atoms with van der Waals surface area (Å²) in [6.45, 7) is 2.22. The van der Waals surface area contributed by atoms with Crippen molar-refractivity contribution in [3.8, 4) is 0 Å². The third-order valence-corrected chi connectivity index (χ3v) is 5.36. The van der Waals surface area contributed by atoms with Crippen LogP contribution in [0.2, 0.25) is 4.34 Å². The van der Waals surface area contributed by atoms with E-state index in [1.54, 1.807) is 6.07 Å². The summed E-state index contributed by atoms with van der Waals surface area (Å²) in [5, 5.41) is 0. The molecule has 4 nitrogen and oxygen atoms in total. The van der Waals surface area contributed by atoms with E-state index in [0.717, 1.165) is 17.6 Å². The molecule has 1 N–H and O–H groups in total. The Kier molecular flexibility index (Phi) is 5.58. The maximum atomic E-state index is 11.8. The maximum Gasteiger partial charge on any atom is 0.250 e. The van der Waals surface area contributed by atoms with Gasteiger partial charge in [0.25, 0.3) is 0 Å². The monoisotopic (exact) mass is 295 g/mol. The standard InChI is InChI=1S/C10H14ClNO3S2/c1-8(3-2-6-13)7-12-17(14,15)10-5-4-9(11)16-10/h4-6,8,12H,2-3,7H2,1H3/t8-/m0/s1. The summed E-state index contributed by atoms with van der Waals surface area (Å²) in [4.78, 5) is 10.2. The average molecular weight is 296 g/mol. The molecule has 17 heavy (non-hydrogen) atoms. The number of carbonyl (C=O) groups excluding carboxylic acids is 1. The fraction of sp³-hybridized carbons (Fsp3) is 0.500. The third-order valence-electron chi connectivity index (χ3n) is 2.21. The average Bonchev–Trinajstić information content (AvgIpc) is 2.71. The van der Waals surface area contributed by atoms with E-state index in [-0.39, 0.29) is 10.1 Å². The van der Waals surface area contributed by atoms with Gasteiger partial charge in [-0.05, 0) is 24.5 Å². The molecule has 0 bridgehead atoms. The number of sulfonamides is 1. The van der Waals surface area contributed by atoms with Crippen LogP contribution < -0.4 is 4.72 Å². The third kappa shape index (κ3) is 4.75. The smallest absolute Gasteiger partial charge is 0.250 e. The van der Waals surface area contributed by atoms with E-state index in [1.165, 1.54) is 6.07 Å². The van der Waals surface area contributed by atoms with Gasteiger partial charge in [-0.25, -0.2) is 13.1 Å². The quantitative estimate of drug-likeness (QED) is 0.785. The Bertz CT molecular complexity index is 470. The minimum absolute atomic E-state index is 0.130. The number of hydrogen-bond acceptors (Lipinski definition) is 4. The van der Waals surface area contributed by atoms with Crippen molar-refractivity contribution in [2.24, 2.45) is 5.92 Å². The lowest BCUT2D eigenvalue weighted by molar-refractivity contribution is -0.108. The van der Waals surface area contributed by atoms with Gasteiger partial charge < -0.3 is 4.79 Å². The van der Waals surface area contributed by atoms with Crippen molar-refractivity contribution in [2.75, 3.05) is 6.54 Å². The molecule has 0 saturated carbocycles. The van der Waals surface area contributed by atoms with Crippen molar-refractivity contribution in [3.63, 3.8) is 0 Å². The van der Waals surface area contributed by atoms with Crippen LogP contribution in [-0.2, 0) is 14.8 Å². The summed E-state index contributed by atoms with van der Waals surface area (Å²) in [6, 6.07) is 3.03. The predicted octanol–water partition coefficient (Wildman–Crippen LogP) is 2.30. The van der Waals surface area contributed by atoms with Crippen molar-refractivity contribution in [1.82, 2.24) is 4.72 Å². The van der Waals surface area contributed by atoms with E-state index in [1.807, 2.05) is 6.92 Å². The van der Waals surface area contributed by atoms with Crippen molar-refractivity contribution < 1.29 is 13.2 Å². The first kappa shape index (κ1) is 14.6. The Morgan fingerprint density at radius 1 is 1.53 bits per heavy atom. The van der Waals surface area contributed by atoms with Gasteiger partial charge >= 0.3 is 0 Å². The number of halogens is 1. The topological polar surface area (TPSA) is 63.2 Å². The van der Waals surface area contributed by atoms with Crippen molar-refractivity contribution >= 4 is 39.2 Å². The van der Waals surface area contributed by atoms with Crippen molar-refractivity contribution in [1.29, 1.82) is 0 Å². The van der Waals surface area contributed by atoms with Crippen LogP contribution in [0.15, 0.2) is 16.3 Å². The van der Waals surface area contributed by atoms with E-state index >= 15 is 0 Å². The highest BCUT2D eigenvalue weighted by atomic mass is 35.5. The molecule has 0 radical (unpaired) electrons. The largest absolute Gasteiger partial charge is 0.303 e. The number of nitrogens with one attached hydrogen (secondary N) is 1. The molecule has 1 aromatic rings. The predicted molar refractivity (Wildman–Crippen MR) is 69.0 cm³/mol. The molecule has 0 amide bonds. The normalized spacial score (nSPS) is 13.5. The van der Waals surface area contributed by atoms with Crippen LogP contribution in [0.4, 0.5) is 0 Å². The van der Waals surface area contributed by atoms with Gasteiger partial charge in [0.2, 0.25) is 10.0 Å². The van der Waals surface area contributed by atoms with Gasteiger partial charge in [0.05, 0.1) is 4.34 Å². The zero-order chi connectivity index (χ0) is 12.9. The Morgan fingerprint density at radius 2 is 2.24 bits per heavy atom. The molecule has 0 aromatic carbocycles. The van der Waals surface area contributed by atoms with Gasteiger partial charge in [0.1, 0.15) is 10.5 Å². The Hall–Kier alpha value is -0.430. The molecule has 0 aliphatic carbocycles. The number of carbonyl (C=O) groups is 1. The van der Waals surface area contributed by atoms with Crippen LogP contribution in [-0.4, -0.2) is 21.2 Å². The highest BCUT2D eigenvalue weighted by Crippen LogP contribution is 2.25. The molecule has 0 fully saturated rings. The highest BCUT2D eigenvalue weighted by Gasteiger charge is 2.17. The molecule has 1 heterocycles. The lowest BCUT2D eigenvalue weighted by atomic mass is 10.1. The van der Waals surface area contributed by atoms with Crippen LogP contribution in [0.1, 0.15) is 19.8 Å². The fourth-order valence-electron chi connectivity index (χ4n) is 1.22. The maximum absolute atomic E-state index is 11.8. The van der Waals surface area contributed by atoms with Crippen molar-refractivity contribution in [2.45, 2.75) is 24.0 Å². The first-order chi connectivity index (χ1) is 7.95. The van der Waals surface area contributed by atoms with Gasteiger partial charge in [-0.1, -0.05) is 18.5 Å². The van der Waals surface area contributed by atoms with Crippen LogP contribution >= 0.6 is 22.9 Å². The summed E-state index contributed by atoms with van der Waals surface area (Å²) in [5.41, 5.74) is 0. The first-order valence-electron chi connectivity index (χ1n) is 5.14. The molecule has 0 saturated heterocycles. The van der Waals surface area contributed by atoms with Crippen LogP contribution in [0.25, 0.3) is 0 Å². The minimum atomic E-state index is -3.46. The van der Waals surface area contributed by atoms with Crippen LogP contribution in [0.5, 0.6) is 0 Å². The molecule has 1 aromatic heterocycles. The highest BCUT2D eigenvalue weighted by molar-refractivity contribution is 7.91. The second kappa shape index (κ2) is 6.49. The van der Waals surface area contributed by atoms with Crippen LogP contribution in [0, 0.1) is 5.92 Å². The SMILES string of the molecule is C[C@@H](CCC=O)CNS(=O)(=O)c1ccc(Cl)s1. The molecule has 0 spiro atoms. The second-order valence-electron chi connectivity index (χ2n) is 3.76. The molecular formula is C10H14ClNO3S2. The second-order valence-corrected chi connectivity index (χ2v) is 7.47. The van der Waals surface area contributed by atoms with Gasteiger partial charge in [-0.3, -0.25) is 0 Å². The number of aldehydes is 1. The molecule has 1 atom stereocenters. The molecule has 7 heteroatoms. The summed E-state index contributed by atoms with van der Waals surface area (Å²) >= 11 is 6.71. The summed E-state index contributed by atoms with van der Waals surface area (Å²) in [5.74, 6) is 0.130. The van der Waals surface area contributed by atoms with E-state index in [0.29, 0.717) is 23.7 Å². The summed E-state index contributed by atoms with van der Waals surface area (Å²) < 4.78 is 26.8. The Balaban J connectivity index is 2.53. The number of hydrogen-bond donors (Lipinski definition) is 1. The van der Waals surface area contributed by atoms with E-state index in [9.17, 15) is 13.2 Å². The minimum Gasteiger partial charge on any atom is -0.303 e. The molecular weight excluding hydrogens is 282 g/mol. The lowest BCUT2D eigenvalue weighted by Gasteiger charge is -2.10. The van der Waals surface area contributed by atoms with E-state index in [2.05, 4.69) is 4.72 Å². The van der Waals surface area contributed by atoms with E-state index < -0.39 is 10.0 Å².